The van der Waals surface area contributed by atoms with Gasteiger partial charge in [0.1, 0.15) is 0 Å². The highest BCUT2D eigenvalue weighted by molar-refractivity contribution is 8.00. The van der Waals surface area contributed by atoms with Crippen molar-refractivity contribution in [2.24, 2.45) is 0 Å². The van der Waals surface area contributed by atoms with E-state index < -0.39 is 0 Å². The van der Waals surface area contributed by atoms with E-state index in [0.29, 0.717) is 0 Å². The Balaban J connectivity index is 2.44. The Labute approximate surface area is 66.3 Å². The minimum Gasteiger partial charge on any atom is -0.345 e. The van der Waals surface area contributed by atoms with Crippen LogP contribution in [-0.2, 0) is 9.47 Å². The van der Waals surface area contributed by atoms with E-state index in [0.717, 1.165) is 12.2 Å². The fraction of sp³-hybridized carbons (Fsp3) is 1.00. The second kappa shape index (κ2) is 3.60. The molecule has 1 fully saturated rings. The van der Waals surface area contributed by atoms with Crippen molar-refractivity contribution < 1.29 is 9.47 Å². The Morgan fingerprint density at radius 2 is 1.90 bits per heavy atom. The van der Waals surface area contributed by atoms with Gasteiger partial charge in [-0.15, -0.1) is 0 Å². The summed E-state index contributed by atoms with van der Waals surface area (Å²) in [6, 6.07) is 0. The van der Waals surface area contributed by atoms with Gasteiger partial charge in [0.25, 0.3) is 0 Å². The third-order valence-corrected chi connectivity index (χ3v) is 3.29. The summed E-state index contributed by atoms with van der Waals surface area (Å²) in [5.74, 6) is 1.15. The first-order chi connectivity index (χ1) is 4.83. The second-order valence-electron chi connectivity index (χ2n) is 2.40. The first-order valence-electron chi connectivity index (χ1n) is 3.57. The van der Waals surface area contributed by atoms with Gasteiger partial charge in [0.05, 0.1) is 0 Å². The van der Waals surface area contributed by atoms with E-state index in [1.807, 2.05) is 0 Å². The number of ether oxygens (including phenoxy) is 2. The Bertz CT molecular complexity index is 93.8. The van der Waals surface area contributed by atoms with Crippen molar-refractivity contribution in [1.29, 1.82) is 0 Å². The highest BCUT2D eigenvalue weighted by Gasteiger charge is 2.32. The van der Waals surface area contributed by atoms with Crippen LogP contribution >= 0.6 is 11.8 Å². The molecule has 0 spiro atoms. The molecule has 60 valence electrons. The van der Waals surface area contributed by atoms with Gasteiger partial charge < -0.3 is 9.47 Å². The molecule has 3 heteroatoms. The molecule has 1 aliphatic rings. The molecule has 1 rings (SSSR count). The lowest BCUT2D eigenvalue weighted by molar-refractivity contribution is -0.140. The molecule has 0 bridgehead atoms. The maximum atomic E-state index is 5.27. The van der Waals surface area contributed by atoms with E-state index in [-0.39, 0.29) is 5.12 Å². The van der Waals surface area contributed by atoms with Crippen molar-refractivity contribution >= 4 is 11.8 Å². The van der Waals surface area contributed by atoms with Crippen molar-refractivity contribution in [1.82, 2.24) is 0 Å². The Hall–Kier alpha value is 0.270. The average Bonchev–Trinajstić information content (AvgIpc) is 2.06. The third kappa shape index (κ3) is 1.65. The SMILES string of the molecule is COC1(OC)CCCCS1. The lowest BCUT2D eigenvalue weighted by Crippen LogP contribution is -2.32. The predicted molar refractivity (Wildman–Crippen MR) is 43.1 cm³/mol. The van der Waals surface area contributed by atoms with Crippen LogP contribution in [0.25, 0.3) is 0 Å². The van der Waals surface area contributed by atoms with Crippen LogP contribution in [0.5, 0.6) is 0 Å². The van der Waals surface area contributed by atoms with Crippen LogP contribution in [0.1, 0.15) is 19.3 Å². The van der Waals surface area contributed by atoms with E-state index in [2.05, 4.69) is 0 Å². The number of thioether (sulfide) groups is 1. The largest absolute Gasteiger partial charge is 0.345 e. The van der Waals surface area contributed by atoms with E-state index in [9.17, 15) is 0 Å². The topological polar surface area (TPSA) is 18.5 Å². The molecule has 0 atom stereocenters. The standard InChI is InChI=1S/C7H14O2S/c1-8-7(9-2)5-3-4-6-10-7/h3-6H2,1-2H3. The second-order valence-corrected chi connectivity index (χ2v) is 3.72. The molecule has 1 aliphatic heterocycles. The van der Waals surface area contributed by atoms with Crippen LogP contribution in [0, 0.1) is 0 Å². The fourth-order valence-corrected chi connectivity index (χ4v) is 2.33. The quantitative estimate of drug-likeness (QED) is 0.577. The van der Waals surface area contributed by atoms with Crippen molar-refractivity contribution in [2.75, 3.05) is 20.0 Å². The predicted octanol–water partition coefficient (Wildman–Crippen LogP) is 1.85. The third-order valence-electron chi connectivity index (χ3n) is 1.82. The number of hydrogen-bond acceptors (Lipinski definition) is 3. The molecule has 0 aromatic rings. The molecule has 2 nitrogen and oxygen atoms in total. The summed E-state index contributed by atoms with van der Waals surface area (Å²) < 4.78 is 10.5. The fourth-order valence-electron chi connectivity index (χ4n) is 1.15. The van der Waals surface area contributed by atoms with Crippen LogP contribution in [0.3, 0.4) is 0 Å². The maximum Gasteiger partial charge on any atom is 0.217 e. The van der Waals surface area contributed by atoms with Crippen molar-refractivity contribution in [3.8, 4) is 0 Å². The van der Waals surface area contributed by atoms with E-state index in [1.165, 1.54) is 12.8 Å². The Morgan fingerprint density at radius 1 is 1.20 bits per heavy atom. The normalized spacial score (nSPS) is 24.6. The molecule has 0 aromatic carbocycles. The molecule has 10 heavy (non-hydrogen) atoms. The van der Waals surface area contributed by atoms with Gasteiger partial charge in [-0.1, -0.05) is 11.8 Å². The van der Waals surface area contributed by atoms with Gasteiger partial charge >= 0.3 is 0 Å². The first-order valence-corrected chi connectivity index (χ1v) is 4.56. The summed E-state index contributed by atoms with van der Waals surface area (Å²) in [7, 11) is 3.42. The maximum absolute atomic E-state index is 5.27. The molecule has 0 N–H and O–H groups in total. The van der Waals surface area contributed by atoms with E-state index in [1.54, 1.807) is 26.0 Å². The average molecular weight is 162 g/mol. The zero-order valence-electron chi connectivity index (χ0n) is 6.55. The molecule has 0 aliphatic carbocycles. The number of hydrogen-bond donors (Lipinski definition) is 0. The van der Waals surface area contributed by atoms with Gasteiger partial charge in [-0.3, -0.25) is 0 Å². The molecular weight excluding hydrogens is 148 g/mol. The van der Waals surface area contributed by atoms with Crippen LogP contribution < -0.4 is 0 Å². The minimum atomic E-state index is -0.321. The van der Waals surface area contributed by atoms with Crippen LogP contribution in [-0.4, -0.2) is 25.1 Å². The summed E-state index contributed by atoms with van der Waals surface area (Å²) in [4.78, 5) is 0. The molecular formula is C7H14O2S. The summed E-state index contributed by atoms with van der Waals surface area (Å²) in [5.41, 5.74) is 0. The summed E-state index contributed by atoms with van der Waals surface area (Å²) in [5, 5.41) is -0.321. The monoisotopic (exact) mass is 162 g/mol. The van der Waals surface area contributed by atoms with Gasteiger partial charge in [-0.05, 0) is 18.6 Å². The molecule has 0 amide bonds. The molecule has 1 saturated heterocycles. The molecule has 0 saturated carbocycles. The first kappa shape index (κ1) is 8.37. The molecule has 1 heterocycles. The lowest BCUT2D eigenvalue weighted by atomic mass is 10.2. The van der Waals surface area contributed by atoms with Gasteiger partial charge in [0.15, 0.2) is 0 Å². The lowest BCUT2D eigenvalue weighted by Gasteiger charge is -2.33. The van der Waals surface area contributed by atoms with Gasteiger partial charge in [0, 0.05) is 20.6 Å². The van der Waals surface area contributed by atoms with E-state index >= 15 is 0 Å². The van der Waals surface area contributed by atoms with Crippen molar-refractivity contribution in [3.63, 3.8) is 0 Å². The highest BCUT2D eigenvalue weighted by atomic mass is 32.2. The van der Waals surface area contributed by atoms with Crippen LogP contribution in [0.2, 0.25) is 0 Å². The van der Waals surface area contributed by atoms with Crippen molar-refractivity contribution in [2.45, 2.75) is 24.4 Å². The minimum absolute atomic E-state index is 0.321. The zero-order chi connectivity index (χ0) is 7.45. The van der Waals surface area contributed by atoms with Crippen LogP contribution in [0.15, 0.2) is 0 Å². The molecule has 0 unspecified atom stereocenters. The van der Waals surface area contributed by atoms with Crippen LogP contribution in [0.4, 0.5) is 0 Å². The highest BCUT2D eigenvalue weighted by Crippen LogP contribution is 2.37. The van der Waals surface area contributed by atoms with E-state index in [4.69, 9.17) is 9.47 Å². The summed E-state index contributed by atoms with van der Waals surface area (Å²) >= 11 is 1.77. The smallest absolute Gasteiger partial charge is 0.217 e. The molecule has 0 aromatic heterocycles. The van der Waals surface area contributed by atoms with Gasteiger partial charge in [-0.25, -0.2) is 0 Å². The van der Waals surface area contributed by atoms with Gasteiger partial charge in [-0.2, -0.15) is 0 Å². The molecule has 0 radical (unpaired) electrons. The van der Waals surface area contributed by atoms with Gasteiger partial charge in [0.2, 0.25) is 5.12 Å². The number of rotatable bonds is 2. The van der Waals surface area contributed by atoms with Crippen molar-refractivity contribution in [3.05, 3.63) is 0 Å². The Kier molecular flexibility index (Phi) is 3.01. The zero-order valence-corrected chi connectivity index (χ0v) is 7.37. The summed E-state index contributed by atoms with van der Waals surface area (Å²) in [6.45, 7) is 0. The summed E-state index contributed by atoms with van der Waals surface area (Å²) in [6.07, 6.45) is 3.53. The number of methoxy groups -OCH3 is 2. The Morgan fingerprint density at radius 3 is 2.20 bits per heavy atom.